The fourth-order valence-electron chi connectivity index (χ4n) is 2.92. The lowest BCUT2D eigenvalue weighted by molar-refractivity contribution is -0.140. The molecule has 0 saturated carbocycles. The van der Waals surface area contributed by atoms with Gasteiger partial charge in [-0.15, -0.1) is 0 Å². The molecule has 0 saturated heterocycles. The highest BCUT2D eigenvalue weighted by atomic mass is 35.5. The van der Waals surface area contributed by atoms with Crippen molar-refractivity contribution in [2.24, 2.45) is 0 Å². The summed E-state index contributed by atoms with van der Waals surface area (Å²) >= 11 is 7.37. The number of pyridine rings is 1. The van der Waals surface area contributed by atoms with Gasteiger partial charge in [0.2, 0.25) is 5.88 Å². The van der Waals surface area contributed by atoms with Crippen LogP contribution in [0, 0.1) is 5.82 Å². The highest BCUT2D eigenvalue weighted by molar-refractivity contribution is 7.06. The van der Waals surface area contributed by atoms with E-state index in [1.165, 1.54) is 42.8 Å². The first-order valence-corrected chi connectivity index (χ1v) is 10.1. The van der Waals surface area contributed by atoms with E-state index in [9.17, 15) is 17.6 Å². The monoisotopic (exact) mass is 459 g/mol. The van der Waals surface area contributed by atoms with Crippen molar-refractivity contribution in [1.82, 2.24) is 9.36 Å². The van der Waals surface area contributed by atoms with Gasteiger partial charge in [0, 0.05) is 23.6 Å². The maximum Gasteiger partial charge on any atom is 0.435 e. The number of hydrogen-bond donors (Lipinski definition) is 1. The molecule has 4 nitrogen and oxygen atoms in total. The number of alkyl halides is 3. The Bertz CT molecular complexity index is 1030. The summed E-state index contributed by atoms with van der Waals surface area (Å²) in [5.74, 6) is -0.696. The molecule has 2 aromatic heterocycles. The van der Waals surface area contributed by atoms with Crippen molar-refractivity contribution in [2.45, 2.75) is 32.5 Å². The second-order valence-corrected chi connectivity index (χ2v) is 7.92. The van der Waals surface area contributed by atoms with Crippen LogP contribution in [-0.2, 0) is 12.8 Å². The molecule has 0 unspecified atom stereocenters. The highest BCUT2D eigenvalue weighted by Crippen LogP contribution is 2.39. The van der Waals surface area contributed by atoms with Crippen molar-refractivity contribution in [3.63, 3.8) is 0 Å². The maximum atomic E-state index is 14.5. The number of ether oxygens (including phenoxy) is 1. The van der Waals surface area contributed by atoms with Gasteiger partial charge in [-0.1, -0.05) is 31.5 Å². The van der Waals surface area contributed by atoms with Crippen molar-refractivity contribution in [3.05, 3.63) is 57.3 Å². The molecule has 2 heterocycles. The Balaban J connectivity index is 1.99. The van der Waals surface area contributed by atoms with Gasteiger partial charge in [-0.05, 0) is 35.6 Å². The fourth-order valence-corrected chi connectivity index (χ4v) is 4.04. The van der Waals surface area contributed by atoms with Gasteiger partial charge < -0.3 is 10.1 Å². The molecule has 0 spiro atoms. The van der Waals surface area contributed by atoms with Gasteiger partial charge >= 0.3 is 6.18 Å². The molecule has 160 valence electrons. The van der Waals surface area contributed by atoms with E-state index in [4.69, 9.17) is 16.3 Å². The molecular weight excluding hydrogens is 442 g/mol. The molecule has 0 aliphatic heterocycles. The Kier molecular flexibility index (Phi) is 6.52. The predicted octanol–water partition coefficient (Wildman–Crippen LogP) is 6.76. The van der Waals surface area contributed by atoms with Crippen LogP contribution in [0.5, 0.6) is 5.88 Å². The van der Waals surface area contributed by atoms with Gasteiger partial charge in [0.15, 0.2) is 5.69 Å². The molecule has 0 aliphatic rings. The van der Waals surface area contributed by atoms with Crippen molar-refractivity contribution in [2.75, 3.05) is 12.4 Å². The highest BCUT2D eigenvalue weighted by Gasteiger charge is 2.36. The Morgan fingerprint density at radius 1 is 1.20 bits per heavy atom. The summed E-state index contributed by atoms with van der Waals surface area (Å²) in [7, 11) is 1.38. The topological polar surface area (TPSA) is 47.0 Å². The number of nitrogens with one attached hydrogen (secondary N) is 1. The Labute approximate surface area is 180 Å². The van der Waals surface area contributed by atoms with Crippen LogP contribution in [0.1, 0.15) is 35.9 Å². The van der Waals surface area contributed by atoms with Crippen LogP contribution in [0.15, 0.2) is 30.3 Å². The van der Waals surface area contributed by atoms with Crippen molar-refractivity contribution >= 4 is 28.8 Å². The second kappa shape index (κ2) is 8.77. The summed E-state index contributed by atoms with van der Waals surface area (Å²) in [5.41, 5.74) is -0.221. The minimum absolute atomic E-state index is 0.0470. The Morgan fingerprint density at radius 3 is 2.53 bits per heavy atom. The number of anilines is 1. The zero-order chi connectivity index (χ0) is 22.1. The SMILES string of the molecule is CNc1ccc(OCc2c(-c3c(F)cccc3Cl)nsc2C(C)C)nc1C(F)(F)F. The van der Waals surface area contributed by atoms with Gasteiger partial charge in [0.05, 0.1) is 22.0 Å². The van der Waals surface area contributed by atoms with Crippen LogP contribution in [0.25, 0.3) is 11.3 Å². The van der Waals surface area contributed by atoms with Crippen LogP contribution >= 0.6 is 23.1 Å². The lowest BCUT2D eigenvalue weighted by Gasteiger charge is -2.14. The van der Waals surface area contributed by atoms with Crippen LogP contribution in [0.4, 0.5) is 23.2 Å². The second-order valence-electron chi connectivity index (χ2n) is 6.71. The quantitative estimate of drug-likeness (QED) is 0.414. The van der Waals surface area contributed by atoms with E-state index in [1.54, 1.807) is 6.07 Å². The summed E-state index contributed by atoms with van der Waals surface area (Å²) < 4.78 is 64.1. The molecule has 1 aromatic carbocycles. The molecule has 0 amide bonds. The van der Waals surface area contributed by atoms with Crippen LogP contribution in [0.2, 0.25) is 5.02 Å². The minimum atomic E-state index is -4.64. The normalized spacial score (nSPS) is 11.8. The maximum absolute atomic E-state index is 14.5. The number of rotatable bonds is 6. The molecule has 3 rings (SSSR count). The standard InChI is InChI=1S/C20H18ClF4N3OS/c1-10(2)18-11(17(28-30-18)16-12(21)5-4-6-13(16)22)9-29-15-8-7-14(26-3)19(27-15)20(23,24)25/h4-8,10,26H,9H2,1-3H3. The van der Waals surface area contributed by atoms with E-state index >= 15 is 0 Å². The molecule has 0 atom stereocenters. The molecule has 30 heavy (non-hydrogen) atoms. The van der Waals surface area contributed by atoms with E-state index < -0.39 is 17.7 Å². The Morgan fingerprint density at radius 2 is 1.93 bits per heavy atom. The van der Waals surface area contributed by atoms with Gasteiger partial charge in [0.1, 0.15) is 12.4 Å². The van der Waals surface area contributed by atoms with Crippen LogP contribution in [0.3, 0.4) is 0 Å². The van der Waals surface area contributed by atoms with Gasteiger partial charge in [-0.2, -0.15) is 17.5 Å². The predicted molar refractivity (Wildman–Crippen MR) is 110 cm³/mol. The summed E-state index contributed by atoms with van der Waals surface area (Å²) in [6.45, 7) is 3.74. The van der Waals surface area contributed by atoms with Crippen molar-refractivity contribution in [1.29, 1.82) is 0 Å². The lowest BCUT2D eigenvalue weighted by atomic mass is 10.0. The number of aromatic nitrogens is 2. The number of hydrogen-bond acceptors (Lipinski definition) is 5. The van der Waals surface area contributed by atoms with E-state index in [-0.39, 0.29) is 34.7 Å². The third kappa shape index (κ3) is 4.52. The first-order valence-electron chi connectivity index (χ1n) is 8.95. The summed E-state index contributed by atoms with van der Waals surface area (Å²) in [6, 6.07) is 6.89. The smallest absolute Gasteiger partial charge is 0.435 e. The van der Waals surface area contributed by atoms with E-state index in [1.807, 2.05) is 13.8 Å². The van der Waals surface area contributed by atoms with E-state index in [0.717, 1.165) is 4.88 Å². The van der Waals surface area contributed by atoms with Gasteiger partial charge in [-0.3, -0.25) is 0 Å². The first-order chi connectivity index (χ1) is 14.1. The number of nitrogens with zero attached hydrogens (tertiary/aromatic N) is 2. The molecule has 0 fully saturated rings. The molecule has 3 aromatic rings. The summed E-state index contributed by atoms with van der Waals surface area (Å²) in [5, 5.41) is 2.65. The molecule has 1 N–H and O–H groups in total. The molecule has 10 heteroatoms. The molecular formula is C20H18ClF4N3OS. The summed E-state index contributed by atoms with van der Waals surface area (Å²) in [4.78, 5) is 4.43. The van der Waals surface area contributed by atoms with E-state index in [2.05, 4.69) is 14.7 Å². The zero-order valence-corrected chi connectivity index (χ0v) is 17.8. The molecule has 0 aliphatic carbocycles. The molecule has 0 radical (unpaired) electrons. The zero-order valence-electron chi connectivity index (χ0n) is 16.3. The van der Waals surface area contributed by atoms with Crippen LogP contribution in [-0.4, -0.2) is 16.4 Å². The third-order valence-electron chi connectivity index (χ3n) is 4.31. The van der Waals surface area contributed by atoms with Crippen LogP contribution < -0.4 is 10.1 Å². The van der Waals surface area contributed by atoms with E-state index in [0.29, 0.717) is 11.3 Å². The largest absolute Gasteiger partial charge is 0.473 e. The summed E-state index contributed by atoms with van der Waals surface area (Å²) in [6.07, 6.45) is -4.64. The average Bonchev–Trinajstić information content (AvgIpc) is 3.09. The van der Waals surface area contributed by atoms with Gasteiger partial charge in [-0.25, -0.2) is 9.37 Å². The third-order valence-corrected chi connectivity index (χ3v) is 5.82. The fraction of sp³-hybridized carbons (Fsp3) is 0.300. The number of halogens is 5. The van der Waals surface area contributed by atoms with Gasteiger partial charge in [0.25, 0.3) is 0 Å². The average molecular weight is 460 g/mol. The lowest BCUT2D eigenvalue weighted by Crippen LogP contribution is -2.13. The number of benzene rings is 1. The Hall–Kier alpha value is -2.39. The van der Waals surface area contributed by atoms with Crippen molar-refractivity contribution < 1.29 is 22.3 Å². The van der Waals surface area contributed by atoms with Crippen molar-refractivity contribution in [3.8, 4) is 17.1 Å². The first kappa shape index (κ1) is 22.3. The molecule has 0 bridgehead atoms. The minimum Gasteiger partial charge on any atom is -0.473 e.